The number of hydrogen-bond acceptors (Lipinski definition) is 19. The lowest BCUT2D eigenvalue weighted by atomic mass is 9.93. The minimum Gasteiger partial charge on any atom is -0.543 e. The zero-order valence-corrected chi connectivity index (χ0v) is 25.6. The summed E-state index contributed by atoms with van der Waals surface area (Å²) in [5.41, 5.74) is 1.95. The number of imidazole rings is 1. The van der Waals surface area contributed by atoms with Crippen molar-refractivity contribution in [1.29, 1.82) is 0 Å². The van der Waals surface area contributed by atoms with Crippen LogP contribution in [0.25, 0.3) is 11.2 Å². The van der Waals surface area contributed by atoms with E-state index >= 15 is 0 Å². The molecule has 3 aromatic rings. The maximum absolute atomic E-state index is 8.93. The van der Waals surface area contributed by atoms with Crippen LogP contribution in [-0.2, 0) is 46.5 Å². The molecule has 1 fully saturated rings. The summed E-state index contributed by atoms with van der Waals surface area (Å²) in [5.74, 6) is -10.6. The summed E-state index contributed by atoms with van der Waals surface area (Å²) in [5, 5.41) is 56.8. The van der Waals surface area contributed by atoms with Crippen LogP contribution in [0.5, 0.6) is 0 Å². The quantitative estimate of drug-likeness (QED) is 0.154. The Labute approximate surface area is 272 Å². The summed E-state index contributed by atoms with van der Waals surface area (Å²) in [4.78, 5) is 74.0. The van der Waals surface area contributed by atoms with Gasteiger partial charge in [0.05, 0.1) is 42.4 Å². The summed E-state index contributed by atoms with van der Waals surface area (Å²) in [7, 11) is 0. The first-order valence-electron chi connectivity index (χ1n) is 14.1. The van der Waals surface area contributed by atoms with E-state index in [0.717, 1.165) is 62.7 Å². The number of likely N-dealkylation sites (tertiary alicyclic amines) is 1. The molecule has 0 unspecified atom stereocenters. The molecule has 262 valence electrons. The van der Waals surface area contributed by atoms with Gasteiger partial charge in [0.25, 0.3) is 0 Å². The molecule has 0 atom stereocenters. The number of aliphatic carboxylic acids is 6. The van der Waals surface area contributed by atoms with Crippen molar-refractivity contribution in [3.63, 3.8) is 0 Å². The SMILES string of the molecule is CCOCCn1c(CC2CCN(CCNc3ncccn3)CC2)nc2cccnc21.O=C([O-])C(=O)[O-].O=C([O-])C(=O)[O-].O=C([O-])C(=O)[O-]. The minimum absolute atomic E-state index is 0.661. The molecule has 48 heavy (non-hydrogen) atoms. The molecule has 20 heteroatoms. The van der Waals surface area contributed by atoms with E-state index in [1.807, 2.05) is 25.3 Å². The smallest absolute Gasteiger partial charge is 0.222 e. The number of carbonyl (C=O) groups is 6. The van der Waals surface area contributed by atoms with Gasteiger partial charge in [-0.2, -0.15) is 0 Å². The third-order valence-electron chi connectivity index (χ3n) is 6.20. The lowest BCUT2D eigenvalue weighted by Crippen LogP contribution is -2.42. The number of fused-ring (bicyclic) bond motifs is 1. The Morgan fingerprint density at radius 1 is 0.792 bits per heavy atom. The van der Waals surface area contributed by atoms with Crippen molar-refractivity contribution in [2.75, 3.05) is 44.7 Å². The lowest BCUT2D eigenvalue weighted by molar-refractivity contribution is -0.345. The zero-order valence-electron chi connectivity index (χ0n) is 25.6. The third kappa shape index (κ3) is 16.0. The number of aromatic nitrogens is 5. The predicted octanol–water partition coefficient (Wildman–Crippen LogP) is -7.92. The summed E-state index contributed by atoms with van der Waals surface area (Å²) >= 11 is 0. The van der Waals surface area contributed by atoms with E-state index in [4.69, 9.17) is 69.1 Å². The van der Waals surface area contributed by atoms with Crippen molar-refractivity contribution in [2.24, 2.45) is 5.92 Å². The van der Waals surface area contributed by atoms with Crippen LogP contribution in [0, 0.1) is 5.92 Å². The van der Waals surface area contributed by atoms with Crippen molar-refractivity contribution in [3.05, 3.63) is 42.6 Å². The molecule has 3 aromatic heterocycles. The molecule has 1 saturated heterocycles. The number of nitrogens with zero attached hydrogens (tertiary/aromatic N) is 6. The minimum atomic E-state index is -2.19. The van der Waals surface area contributed by atoms with Crippen molar-refractivity contribution < 1.29 is 64.1 Å². The highest BCUT2D eigenvalue weighted by atomic mass is 16.5. The number of rotatable bonds is 10. The fourth-order valence-corrected chi connectivity index (χ4v) is 4.08. The number of carboxylic acids is 6. The molecule has 0 amide bonds. The van der Waals surface area contributed by atoms with Crippen molar-refractivity contribution >= 4 is 52.9 Å². The molecule has 0 bridgehead atoms. The molecular formula is C28H31N7O13-6. The molecule has 20 nitrogen and oxygen atoms in total. The van der Waals surface area contributed by atoms with Gasteiger partial charge in [-0.25, -0.2) is 19.9 Å². The fourth-order valence-electron chi connectivity index (χ4n) is 4.08. The van der Waals surface area contributed by atoms with Crippen LogP contribution in [0.3, 0.4) is 0 Å². The molecular weight excluding hydrogens is 642 g/mol. The maximum atomic E-state index is 8.93. The Hall–Kier alpha value is -5.76. The van der Waals surface area contributed by atoms with Gasteiger partial charge in [-0.1, -0.05) is 0 Å². The van der Waals surface area contributed by atoms with Gasteiger partial charge < -0.3 is 78.9 Å². The molecule has 4 rings (SSSR count). The Bertz CT molecular complexity index is 1400. The topological polar surface area (TPSA) is 322 Å². The van der Waals surface area contributed by atoms with Gasteiger partial charge in [-0.15, -0.1) is 0 Å². The van der Waals surface area contributed by atoms with Crippen molar-refractivity contribution in [3.8, 4) is 0 Å². The Morgan fingerprint density at radius 3 is 1.81 bits per heavy atom. The monoisotopic (exact) mass is 673 g/mol. The molecule has 1 aliphatic heterocycles. The number of pyridine rings is 1. The van der Waals surface area contributed by atoms with Crippen molar-refractivity contribution in [1.82, 2.24) is 29.4 Å². The van der Waals surface area contributed by atoms with Crippen LogP contribution in [0.2, 0.25) is 0 Å². The van der Waals surface area contributed by atoms with E-state index < -0.39 is 35.8 Å². The third-order valence-corrected chi connectivity index (χ3v) is 6.20. The second-order valence-corrected chi connectivity index (χ2v) is 9.44. The van der Waals surface area contributed by atoms with Crippen LogP contribution < -0.4 is 36.0 Å². The van der Waals surface area contributed by atoms with Gasteiger partial charge in [0.2, 0.25) is 5.95 Å². The first-order chi connectivity index (χ1) is 22.8. The summed E-state index contributed by atoms with van der Waals surface area (Å²) in [6.45, 7) is 8.40. The van der Waals surface area contributed by atoms with E-state index in [1.165, 1.54) is 12.8 Å². The molecule has 0 radical (unpaired) electrons. The highest BCUT2D eigenvalue weighted by Crippen LogP contribution is 2.23. The lowest BCUT2D eigenvalue weighted by Gasteiger charge is -2.31. The first kappa shape index (κ1) is 40.3. The second-order valence-electron chi connectivity index (χ2n) is 9.44. The van der Waals surface area contributed by atoms with E-state index in [2.05, 4.69) is 35.8 Å². The second kappa shape index (κ2) is 21.9. The Balaban J connectivity index is 0.000000526. The summed E-state index contributed by atoms with van der Waals surface area (Å²) < 4.78 is 7.84. The first-order valence-corrected chi connectivity index (χ1v) is 14.1. The molecule has 0 saturated carbocycles. The van der Waals surface area contributed by atoms with Crippen LogP contribution in [0.4, 0.5) is 5.95 Å². The number of ether oxygens (including phenoxy) is 1. The zero-order chi connectivity index (χ0) is 36.1. The van der Waals surface area contributed by atoms with E-state index in [0.29, 0.717) is 18.5 Å². The van der Waals surface area contributed by atoms with Gasteiger partial charge in [-0.3, -0.25) is 0 Å². The molecule has 4 heterocycles. The van der Waals surface area contributed by atoms with Crippen LogP contribution in [-0.4, -0.2) is 105 Å². The van der Waals surface area contributed by atoms with Crippen molar-refractivity contribution in [2.45, 2.75) is 32.7 Å². The number of nitrogens with one attached hydrogen (secondary N) is 1. The van der Waals surface area contributed by atoms with Crippen LogP contribution in [0.15, 0.2) is 36.8 Å². The Morgan fingerprint density at radius 2 is 1.31 bits per heavy atom. The Kier molecular flexibility index (Phi) is 18.4. The molecule has 0 aromatic carbocycles. The predicted molar refractivity (Wildman–Crippen MR) is 147 cm³/mol. The highest BCUT2D eigenvalue weighted by Gasteiger charge is 2.22. The standard InChI is InChI=1S/C22H31N7O.3C2H2O4/c1-2-30-16-15-29-20(27-19-5-3-8-23-21(19)29)17-18-6-12-28(13-7-18)14-11-26-22-24-9-4-10-25-22;3*3-1(4)2(5)6/h3-5,8-10,18H,2,6-7,11-17H2,1H3,(H,24,25,26);3*(H,3,4)(H,5,6)/p-6. The number of carboxylic acid groups (broad SMARTS) is 6. The average molecular weight is 674 g/mol. The van der Waals surface area contributed by atoms with Crippen LogP contribution >= 0.6 is 0 Å². The van der Waals surface area contributed by atoms with E-state index in [9.17, 15) is 0 Å². The highest BCUT2D eigenvalue weighted by molar-refractivity contribution is 6.25. The van der Waals surface area contributed by atoms with Crippen LogP contribution in [0.1, 0.15) is 25.6 Å². The van der Waals surface area contributed by atoms with Gasteiger partial charge >= 0.3 is 0 Å². The summed E-state index contributed by atoms with van der Waals surface area (Å²) in [6.07, 6.45) is 8.77. The van der Waals surface area contributed by atoms with Gasteiger partial charge in [0.1, 0.15) is 11.3 Å². The summed E-state index contributed by atoms with van der Waals surface area (Å²) in [6, 6.07) is 5.84. The molecule has 0 spiro atoms. The number of carbonyl (C=O) groups excluding carboxylic acids is 6. The number of hydrogen-bond donors (Lipinski definition) is 1. The molecule has 0 aliphatic carbocycles. The van der Waals surface area contributed by atoms with Gasteiger partial charge in [0.15, 0.2) is 5.65 Å². The largest absolute Gasteiger partial charge is 0.543 e. The van der Waals surface area contributed by atoms with Gasteiger partial charge in [0, 0.05) is 51.3 Å². The number of anilines is 1. The normalized spacial score (nSPS) is 12.5. The molecule has 1 aliphatic rings. The number of piperidine rings is 1. The van der Waals surface area contributed by atoms with Gasteiger partial charge in [-0.05, 0) is 57.0 Å². The average Bonchev–Trinajstić information content (AvgIpc) is 3.40. The fraction of sp³-hybridized carbons (Fsp3) is 0.429. The maximum Gasteiger partial charge on any atom is 0.222 e. The van der Waals surface area contributed by atoms with E-state index in [1.54, 1.807) is 12.4 Å². The molecule has 1 N–H and O–H groups in total. The van der Waals surface area contributed by atoms with E-state index in [-0.39, 0.29) is 0 Å².